The van der Waals surface area contributed by atoms with Gasteiger partial charge in [0, 0.05) is 6.61 Å². The molecule has 0 aliphatic carbocycles. The normalized spacial score (nSPS) is 12.9. The molecule has 0 rings (SSSR count). The number of rotatable bonds is 9. The highest BCUT2D eigenvalue weighted by Crippen LogP contribution is 2.02. The Morgan fingerprint density at radius 2 is 1.38 bits per heavy atom. The van der Waals surface area contributed by atoms with Crippen LogP contribution in [0.25, 0.3) is 0 Å². The number of hydrogen-bond acceptors (Lipinski definition) is 1. The molecule has 90 valence electrons. The Balaban J connectivity index is 3.33. The second kappa shape index (κ2) is 13.9. The van der Waals surface area contributed by atoms with Gasteiger partial charge >= 0.3 is 0 Å². The van der Waals surface area contributed by atoms with E-state index >= 15 is 0 Å². The molecule has 0 heterocycles. The van der Waals surface area contributed by atoms with Gasteiger partial charge in [-0.2, -0.15) is 0 Å². The summed E-state index contributed by atoms with van der Waals surface area (Å²) < 4.78 is 0. The van der Waals surface area contributed by atoms with E-state index in [9.17, 15) is 0 Å². The summed E-state index contributed by atoms with van der Waals surface area (Å²) in [6.45, 7) is 2.34. The fourth-order valence-electron chi connectivity index (χ4n) is 1.27. The zero-order valence-corrected chi connectivity index (χ0v) is 10.3. The second-order valence-corrected chi connectivity index (χ2v) is 3.65. The highest BCUT2D eigenvalue weighted by Gasteiger charge is 1.85. The highest BCUT2D eigenvalue weighted by molar-refractivity contribution is 5.14. The van der Waals surface area contributed by atoms with Crippen molar-refractivity contribution in [1.29, 1.82) is 0 Å². The van der Waals surface area contributed by atoms with Crippen LogP contribution < -0.4 is 0 Å². The van der Waals surface area contributed by atoms with E-state index in [1.807, 2.05) is 43.4 Å². The summed E-state index contributed by atoms with van der Waals surface area (Å²) >= 11 is 0. The molecule has 1 nitrogen and oxygen atoms in total. The van der Waals surface area contributed by atoms with Gasteiger partial charge in [-0.15, -0.1) is 0 Å². The number of aliphatic hydroxyl groups excluding tert-OH is 1. The number of allylic oxidation sites excluding steroid dienone is 8. The van der Waals surface area contributed by atoms with Gasteiger partial charge in [-0.05, 0) is 26.2 Å². The average molecular weight is 220 g/mol. The van der Waals surface area contributed by atoms with Crippen LogP contribution in [0.3, 0.4) is 0 Å². The molecule has 0 bridgehead atoms. The maximum Gasteiger partial charge on any atom is 0.0431 e. The minimum atomic E-state index is 0.330. The molecule has 0 aliphatic rings. The third-order valence-electron chi connectivity index (χ3n) is 2.16. The van der Waals surface area contributed by atoms with Crippen molar-refractivity contribution < 1.29 is 5.11 Å². The quantitative estimate of drug-likeness (QED) is 0.456. The van der Waals surface area contributed by atoms with Gasteiger partial charge in [0.05, 0.1) is 0 Å². The molecule has 0 aliphatic heterocycles. The van der Waals surface area contributed by atoms with E-state index in [1.54, 1.807) is 0 Å². The van der Waals surface area contributed by atoms with Crippen molar-refractivity contribution in [2.24, 2.45) is 0 Å². The van der Waals surface area contributed by atoms with E-state index in [-0.39, 0.29) is 0 Å². The molecule has 16 heavy (non-hydrogen) atoms. The molecule has 0 saturated carbocycles. The minimum absolute atomic E-state index is 0.330. The maximum atomic E-state index is 8.59. The Morgan fingerprint density at radius 3 is 2.06 bits per heavy atom. The molecule has 0 amide bonds. The summed E-state index contributed by atoms with van der Waals surface area (Å²) in [5.74, 6) is 0. The van der Waals surface area contributed by atoms with Gasteiger partial charge in [0.15, 0.2) is 0 Å². The van der Waals surface area contributed by atoms with E-state index < -0.39 is 0 Å². The van der Waals surface area contributed by atoms with Crippen LogP contribution in [0.5, 0.6) is 0 Å². The lowest BCUT2D eigenvalue weighted by Crippen LogP contribution is -1.82. The Labute approximate surface area is 99.9 Å². The summed E-state index contributed by atoms with van der Waals surface area (Å²) in [7, 11) is 0. The van der Waals surface area contributed by atoms with Crippen molar-refractivity contribution in [3.05, 3.63) is 48.6 Å². The molecule has 0 radical (unpaired) electrons. The first-order valence-corrected chi connectivity index (χ1v) is 6.14. The zero-order chi connectivity index (χ0) is 11.9. The van der Waals surface area contributed by atoms with Gasteiger partial charge in [-0.1, -0.05) is 61.4 Å². The third kappa shape index (κ3) is 12.9. The first-order valence-electron chi connectivity index (χ1n) is 6.14. The Hall–Kier alpha value is -1.08. The van der Waals surface area contributed by atoms with Gasteiger partial charge in [-0.3, -0.25) is 0 Å². The molecule has 0 saturated heterocycles. The van der Waals surface area contributed by atoms with Crippen molar-refractivity contribution in [2.75, 3.05) is 6.61 Å². The predicted molar refractivity (Wildman–Crippen MR) is 72.4 cm³/mol. The van der Waals surface area contributed by atoms with Crippen LogP contribution in [0, 0.1) is 0 Å². The molecule has 1 N–H and O–H groups in total. The second-order valence-electron chi connectivity index (χ2n) is 3.65. The monoisotopic (exact) mass is 220 g/mol. The molecular weight excluding hydrogens is 196 g/mol. The summed E-state index contributed by atoms with van der Waals surface area (Å²) in [4.78, 5) is 0. The lowest BCUT2D eigenvalue weighted by atomic mass is 10.1. The van der Waals surface area contributed by atoms with E-state index in [1.165, 1.54) is 12.8 Å². The van der Waals surface area contributed by atoms with Crippen LogP contribution in [0.1, 0.15) is 39.0 Å². The molecule has 0 spiro atoms. The minimum Gasteiger partial charge on any atom is -0.396 e. The average Bonchev–Trinajstić information content (AvgIpc) is 2.31. The first kappa shape index (κ1) is 14.9. The smallest absolute Gasteiger partial charge is 0.0431 e. The van der Waals surface area contributed by atoms with Crippen LogP contribution >= 0.6 is 0 Å². The van der Waals surface area contributed by atoms with Crippen molar-refractivity contribution in [2.45, 2.75) is 39.0 Å². The van der Waals surface area contributed by atoms with Crippen LogP contribution in [0.2, 0.25) is 0 Å². The zero-order valence-electron chi connectivity index (χ0n) is 10.3. The third-order valence-corrected chi connectivity index (χ3v) is 2.16. The lowest BCUT2D eigenvalue weighted by molar-refractivity contribution is 0.282. The number of hydrogen-bond donors (Lipinski definition) is 1. The summed E-state index contributed by atoms with van der Waals surface area (Å²) in [5, 5.41) is 8.59. The predicted octanol–water partition coefficient (Wildman–Crippen LogP) is 4.17. The maximum absolute atomic E-state index is 8.59. The van der Waals surface area contributed by atoms with E-state index in [0.717, 1.165) is 19.3 Å². The molecule has 1 heteroatoms. The van der Waals surface area contributed by atoms with E-state index in [2.05, 4.69) is 12.2 Å². The van der Waals surface area contributed by atoms with Crippen LogP contribution in [-0.4, -0.2) is 11.7 Å². The summed E-state index contributed by atoms with van der Waals surface area (Å²) in [6.07, 6.45) is 22.1. The van der Waals surface area contributed by atoms with Gasteiger partial charge in [0.2, 0.25) is 0 Å². The van der Waals surface area contributed by atoms with Crippen LogP contribution in [0.15, 0.2) is 48.6 Å². The largest absolute Gasteiger partial charge is 0.396 e. The molecule has 0 aromatic heterocycles. The van der Waals surface area contributed by atoms with Crippen LogP contribution in [0.4, 0.5) is 0 Å². The summed E-state index contributed by atoms with van der Waals surface area (Å²) in [5.41, 5.74) is 0. The fourth-order valence-corrected chi connectivity index (χ4v) is 1.27. The van der Waals surface area contributed by atoms with E-state index in [4.69, 9.17) is 5.11 Å². The van der Waals surface area contributed by atoms with Crippen molar-refractivity contribution >= 4 is 0 Å². The molecule has 0 fully saturated rings. The standard InChI is InChI=1S/C15H24O/c1-2-3-4-5-6-7-8-9-10-11-12-13-14-15-16/h2-9,16H,10-15H2,1H3/b3-2+,5-4+,7-6+,9-8+. The Bertz CT molecular complexity index is 234. The Kier molecular flexibility index (Phi) is 13.0. The first-order chi connectivity index (χ1) is 7.91. The highest BCUT2D eigenvalue weighted by atomic mass is 16.2. The van der Waals surface area contributed by atoms with Gasteiger partial charge < -0.3 is 5.11 Å². The fraction of sp³-hybridized carbons (Fsp3) is 0.467. The Morgan fingerprint density at radius 1 is 0.750 bits per heavy atom. The van der Waals surface area contributed by atoms with Crippen molar-refractivity contribution in [3.8, 4) is 0 Å². The molecular formula is C15H24O. The van der Waals surface area contributed by atoms with E-state index in [0.29, 0.717) is 6.61 Å². The van der Waals surface area contributed by atoms with Gasteiger partial charge in [-0.25, -0.2) is 0 Å². The topological polar surface area (TPSA) is 20.2 Å². The SMILES string of the molecule is C/C=C/C=C/C=C/C=C/CCCCCCO. The van der Waals surface area contributed by atoms with Gasteiger partial charge in [0.25, 0.3) is 0 Å². The lowest BCUT2D eigenvalue weighted by Gasteiger charge is -1.94. The van der Waals surface area contributed by atoms with Crippen molar-refractivity contribution in [1.82, 2.24) is 0 Å². The molecule has 0 unspecified atom stereocenters. The van der Waals surface area contributed by atoms with Crippen LogP contribution in [-0.2, 0) is 0 Å². The molecule has 0 aromatic carbocycles. The summed E-state index contributed by atoms with van der Waals surface area (Å²) in [6, 6.07) is 0. The van der Waals surface area contributed by atoms with Crippen molar-refractivity contribution in [3.63, 3.8) is 0 Å². The number of aliphatic hydroxyl groups is 1. The number of unbranched alkanes of at least 4 members (excludes halogenated alkanes) is 4. The molecule has 0 aromatic rings. The molecule has 0 atom stereocenters. The van der Waals surface area contributed by atoms with Gasteiger partial charge in [0.1, 0.15) is 0 Å².